The summed E-state index contributed by atoms with van der Waals surface area (Å²) in [6, 6.07) is 25.7. The van der Waals surface area contributed by atoms with Crippen molar-refractivity contribution < 1.29 is 8.42 Å². The molecule has 5 nitrogen and oxygen atoms in total. The van der Waals surface area contributed by atoms with E-state index in [1.165, 1.54) is 6.26 Å². The lowest BCUT2D eigenvalue weighted by Crippen LogP contribution is -2.05. The molecule has 0 amide bonds. The molecule has 0 spiro atoms. The molecule has 0 saturated carbocycles. The Morgan fingerprint density at radius 1 is 0.968 bits per heavy atom. The van der Waals surface area contributed by atoms with Crippen molar-refractivity contribution >= 4 is 21.4 Å². The van der Waals surface area contributed by atoms with Crippen LogP contribution in [0.4, 0.5) is 0 Å². The van der Waals surface area contributed by atoms with Crippen LogP contribution in [0.25, 0.3) is 22.4 Å². The first kappa shape index (κ1) is 20.9. The molecule has 0 aliphatic carbocycles. The molecule has 154 valence electrons. The van der Waals surface area contributed by atoms with Gasteiger partial charge < -0.3 is 0 Å². The molecule has 3 aromatic carbocycles. The maximum atomic E-state index is 12.5. The number of aromatic nitrogens is 2. The molecule has 4 rings (SSSR count). The van der Waals surface area contributed by atoms with Crippen LogP contribution in [0.2, 0.25) is 5.02 Å². The molecule has 31 heavy (non-hydrogen) atoms. The van der Waals surface area contributed by atoms with Crippen LogP contribution in [0.5, 0.6) is 0 Å². The first-order valence-electron chi connectivity index (χ1n) is 9.48. The van der Waals surface area contributed by atoms with E-state index in [-0.39, 0.29) is 4.90 Å². The van der Waals surface area contributed by atoms with Crippen molar-refractivity contribution in [3.63, 3.8) is 0 Å². The molecule has 0 aliphatic rings. The zero-order valence-electron chi connectivity index (χ0n) is 16.7. The lowest BCUT2D eigenvalue weighted by atomic mass is 9.99. The molecule has 0 bridgehead atoms. The number of benzene rings is 3. The zero-order chi connectivity index (χ0) is 22.0. The van der Waals surface area contributed by atoms with Crippen molar-refractivity contribution in [2.45, 2.75) is 11.4 Å². The molecule has 4 aromatic rings. The van der Waals surface area contributed by atoms with Gasteiger partial charge in [-0.1, -0.05) is 72.3 Å². The first-order valence-corrected chi connectivity index (χ1v) is 11.8. The summed E-state index contributed by atoms with van der Waals surface area (Å²) in [6.07, 6.45) is 1.17. The molecule has 7 heteroatoms. The van der Waals surface area contributed by atoms with Gasteiger partial charge in [-0.25, -0.2) is 13.1 Å². The van der Waals surface area contributed by atoms with Crippen molar-refractivity contribution in [2.24, 2.45) is 0 Å². The van der Waals surface area contributed by atoms with Crippen LogP contribution >= 0.6 is 11.6 Å². The molecule has 0 unspecified atom stereocenters. The maximum Gasteiger partial charge on any atom is 0.176 e. The molecule has 0 N–H and O–H groups in total. The van der Waals surface area contributed by atoms with Crippen LogP contribution in [0, 0.1) is 11.3 Å². The molecule has 0 aliphatic heterocycles. The summed E-state index contributed by atoms with van der Waals surface area (Å²) in [7, 11) is -3.51. The Kier molecular flexibility index (Phi) is 5.64. The summed E-state index contributed by atoms with van der Waals surface area (Å²) < 4.78 is 26.5. The summed E-state index contributed by atoms with van der Waals surface area (Å²) >= 11 is 6.06. The molecule has 0 saturated heterocycles. The average molecular weight is 448 g/mol. The van der Waals surface area contributed by atoms with Gasteiger partial charge in [0, 0.05) is 22.4 Å². The van der Waals surface area contributed by atoms with Gasteiger partial charge >= 0.3 is 0 Å². The Bertz CT molecular complexity index is 1390. The number of hydrogen-bond donors (Lipinski definition) is 0. The van der Waals surface area contributed by atoms with E-state index >= 15 is 0 Å². The van der Waals surface area contributed by atoms with Crippen LogP contribution < -0.4 is 0 Å². The minimum Gasteiger partial charge on any atom is -0.249 e. The highest BCUT2D eigenvalue weighted by atomic mass is 35.5. The summed E-state index contributed by atoms with van der Waals surface area (Å²) in [5.41, 5.74) is 3.54. The van der Waals surface area contributed by atoms with E-state index in [2.05, 4.69) is 6.07 Å². The maximum absolute atomic E-state index is 12.5. The first-order chi connectivity index (χ1) is 14.9. The molecular formula is C24H18ClN3O2S. The molecular weight excluding hydrogens is 430 g/mol. The molecule has 0 radical (unpaired) electrons. The monoisotopic (exact) mass is 447 g/mol. The van der Waals surface area contributed by atoms with Crippen LogP contribution in [0.3, 0.4) is 0 Å². The fraction of sp³-hybridized carbons (Fsp3) is 0.0833. The van der Waals surface area contributed by atoms with E-state index in [9.17, 15) is 13.7 Å². The van der Waals surface area contributed by atoms with Gasteiger partial charge in [0.1, 0.15) is 17.5 Å². The zero-order valence-corrected chi connectivity index (χ0v) is 18.2. The van der Waals surface area contributed by atoms with Crippen molar-refractivity contribution in [2.75, 3.05) is 6.26 Å². The molecule has 0 atom stereocenters. The average Bonchev–Trinajstić information content (AvgIpc) is 3.12. The highest BCUT2D eigenvalue weighted by Crippen LogP contribution is 2.37. The topological polar surface area (TPSA) is 75.8 Å². The van der Waals surface area contributed by atoms with Crippen molar-refractivity contribution in [3.05, 3.63) is 95.1 Å². The number of sulfone groups is 1. The van der Waals surface area contributed by atoms with E-state index in [1.807, 2.05) is 30.3 Å². The third kappa shape index (κ3) is 4.24. The van der Waals surface area contributed by atoms with Gasteiger partial charge in [0.25, 0.3) is 0 Å². The van der Waals surface area contributed by atoms with Gasteiger partial charge in [-0.3, -0.25) is 0 Å². The van der Waals surface area contributed by atoms with E-state index in [1.54, 1.807) is 53.2 Å². The summed E-state index contributed by atoms with van der Waals surface area (Å²) in [6.45, 7) is 0.380. The van der Waals surface area contributed by atoms with E-state index in [4.69, 9.17) is 16.7 Å². The van der Waals surface area contributed by atoms with Crippen LogP contribution in [-0.2, 0) is 16.4 Å². The van der Waals surface area contributed by atoms with Crippen molar-refractivity contribution in [1.29, 1.82) is 5.26 Å². The lowest BCUT2D eigenvalue weighted by molar-refractivity contribution is 0.602. The fourth-order valence-electron chi connectivity index (χ4n) is 3.51. The van der Waals surface area contributed by atoms with Crippen LogP contribution in [0.1, 0.15) is 11.3 Å². The minimum atomic E-state index is -3.51. The van der Waals surface area contributed by atoms with E-state index in [0.717, 1.165) is 11.1 Å². The highest BCUT2D eigenvalue weighted by molar-refractivity contribution is 7.90. The number of halogens is 1. The van der Waals surface area contributed by atoms with Crippen molar-refractivity contribution in [3.8, 4) is 28.5 Å². The van der Waals surface area contributed by atoms with Crippen LogP contribution in [-0.4, -0.2) is 24.5 Å². The Balaban J connectivity index is 2.01. The second-order valence-electron chi connectivity index (χ2n) is 7.10. The predicted octanol–water partition coefficient (Wildman–Crippen LogP) is 5.19. The van der Waals surface area contributed by atoms with Gasteiger partial charge in [0.05, 0.1) is 11.4 Å². The van der Waals surface area contributed by atoms with Crippen molar-refractivity contribution in [1.82, 2.24) is 9.78 Å². The second kappa shape index (κ2) is 8.38. The number of rotatable bonds is 5. The Labute approximate surface area is 186 Å². The number of nitriles is 1. The molecule has 1 heterocycles. The van der Waals surface area contributed by atoms with Gasteiger partial charge in [0.2, 0.25) is 0 Å². The summed E-state index contributed by atoms with van der Waals surface area (Å²) in [4.78, 5) is 0.166. The normalized spacial score (nSPS) is 11.3. The third-order valence-electron chi connectivity index (χ3n) is 4.91. The van der Waals surface area contributed by atoms with E-state index in [0.29, 0.717) is 34.1 Å². The Morgan fingerprint density at radius 2 is 1.61 bits per heavy atom. The molecule has 1 aromatic heterocycles. The summed E-state index contributed by atoms with van der Waals surface area (Å²) in [5.74, 6) is 0. The second-order valence-corrected chi connectivity index (χ2v) is 9.52. The number of hydrogen-bond acceptors (Lipinski definition) is 4. The van der Waals surface area contributed by atoms with Crippen LogP contribution in [0.15, 0.2) is 83.8 Å². The van der Waals surface area contributed by atoms with Gasteiger partial charge in [-0.2, -0.15) is 10.4 Å². The Morgan fingerprint density at radius 3 is 2.26 bits per heavy atom. The lowest BCUT2D eigenvalue weighted by Gasteiger charge is -2.08. The van der Waals surface area contributed by atoms with E-state index < -0.39 is 9.84 Å². The molecule has 0 fully saturated rings. The minimum absolute atomic E-state index is 0.166. The SMILES string of the molecule is CS(=O)(=O)c1ccccc1-c1nn(Cc2ccccc2)c(C#N)c1-c1ccc(Cl)cc1. The van der Waals surface area contributed by atoms with Gasteiger partial charge in [-0.05, 0) is 29.3 Å². The third-order valence-corrected chi connectivity index (χ3v) is 6.31. The highest BCUT2D eigenvalue weighted by Gasteiger charge is 2.25. The summed E-state index contributed by atoms with van der Waals surface area (Å²) in [5, 5.41) is 15.3. The fourth-order valence-corrected chi connectivity index (χ4v) is 4.53. The largest absolute Gasteiger partial charge is 0.249 e. The smallest absolute Gasteiger partial charge is 0.176 e. The quantitative estimate of drug-likeness (QED) is 0.421. The standard InChI is InChI=1S/C24H18ClN3O2S/c1-31(29,30)22-10-6-5-9-20(22)24-23(18-11-13-19(25)14-12-18)21(15-26)28(27-24)16-17-7-3-2-4-8-17/h2-14H,16H2,1H3. The number of nitrogens with zero attached hydrogens (tertiary/aromatic N) is 3. The predicted molar refractivity (Wildman–Crippen MR) is 121 cm³/mol. The van der Waals surface area contributed by atoms with Gasteiger partial charge in [-0.15, -0.1) is 0 Å². The Hall–Kier alpha value is -3.40. The van der Waals surface area contributed by atoms with Gasteiger partial charge in [0.15, 0.2) is 9.84 Å².